The second-order valence-corrected chi connectivity index (χ2v) is 3.72. The van der Waals surface area contributed by atoms with Crippen molar-refractivity contribution < 1.29 is 17.9 Å². The molecule has 0 aliphatic carbocycles. The van der Waals surface area contributed by atoms with Gasteiger partial charge in [0.15, 0.2) is 0 Å². The molecule has 0 aliphatic rings. The molecule has 0 radical (unpaired) electrons. The van der Waals surface area contributed by atoms with Crippen LogP contribution in [-0.4, -0.2) is 18.8 Å². The summed E-state index contributed by atoms with van der Waals surface area (Å²) in [5.74, 6) is -0.00515. The van der Waals surface area contributed by atoms with Crippen molar-refractivity contribution in [2.24, 2.45) is 5.73 Å². The highest BCUT2D eigenvalue weighted by atomic mass is 35.5. The molecule has 0 amide bonds. The molecule has 0 saturated heterocycles. The van der Waals surface area contributed by atoms with Gasteiger partial charge >= 0.3 is 6.18 Å². The fourth-order valence-electron chi connectivity index (χ4n) is 1.10. The Morgan fingerprint density at radius 3 is 2.56 bits per heavy atom. The first-order chi connectivity index (χ1) is 7.34. The van der Waals surface area contributed by atoms with Crippen LogP contribution in [-0.2, 0) is 0 Å². The van der Waals surface area contributed by atoms with Crippen LogP contribution in [0, 0.1) is 6.92 Å². The SMILES string of the molecule is Cc1ccc(Cl)c(OC(CN)C(F)(F)F)c1. The van der Waals surface area contributed by atoms with Crippen LogP contribution in [0.2, 0.25) is 5.02 Å². The van der Waals surface area contributed by atoms with Gasteiger partial charge in [0.05, 0.1) is 5.02 Å². The smallest absolute Gasteiger partial charge is 0.426 e. The van der Waals surface area contributed by atoms with Gasteiger partial charge in [0.2, 0.25) is 6.10 Å². The summed E-state index contributed by atoms with van der Waals surface area (Å²) in [7, 11) is 0. The second-order valence-electron chi connectivity index (χ2n) is 3.32. The number of hydrogen-bond donors (Lipinski definition) is 1. The van der Waals surface area contributed by atoms with Gasteiger partial charge in [-0.1, -0.05) is 17.7 Å². The minimum atomic E-state index is -4.50. The minimum Gasteiger partial charge on any atom is -0.478 e. The van der Waals surface area contributed by atoms with E-state index in [0.717, 1.165) is 5.56 Å². The minimum absolute atomic E-state index is 0.00515. The first-order valence-electron chi connectivity index (χ1n) is 4.54. The lowest BCUT2D eigenvalue weighted by Crippen LogP contribution is -2.40. The van der Waals surface area contributed by atoms with E-state index >= 15 is 0 Å². The predicted molar refractivity (Wildman–Crippen MR) is 55.7 cm³/mol. The summed E-state index contributed by atoms with van der Waals surface area (Å²) in [6, 6.07) is 4.60. The lowest BCUT2D eigenvalue weighted by Gasteiger charge is -2.20. The third kappa shape index (κ3) is 3.28. The van der Waals surface area contributed by atoms with Gasteiger partial charge in [0.1, 0.15) is 5.75 Å². The second kappa shape index (κ2) is 4.93. The Morgan fingerprint density at radius 1 is 1.44 bits per heavy atom. The van der Waals surface area contributed by atoms with Crippen molar-refractivity contribution in [1.29, 1.82) is 0 Å². The summed E-state index contributed by atoms with van der Waals surface area (Å²) in [5.41, 5.74) is 5.77. The number of rotatable bonds is 3. The van der Waals surface area contributed by atoms with Crippen molar-refractivity contribution in [3.8, 4) is 5.75 Å². The van der Waals surface area contributed by atoms with E-state index in [1.807, 2.05) is 0 Å². The van der Waals surface area contributed by atoms with E-state index in [4.69, 9.17) is 22.1 Å². The molecule has 1 aromatic carbocycles. The van der Waals surface area contributed by atoms with E-state index in [2.05, 4.69) is 0 Å². The summed E-state index contributed by atoms with van der Waals surface area (Å²) >= 11 is 5.71. The molecule has 1 unspecified atom stereocenters. The van der Waals surface area contributed by atoms with Gasteiger partial charge in [0, 0.05) is 6.54 Å². The van der Waals surface area contributed by atoms with E-state index < -0.39 is 18.8 Å². The number of ether oxygens (including phenoxy) is 1. The van der Waals surface area contributed by atoms with Crippen LogP contribution in [0.3, 0.4) is 0 Å². The molecule has 0 bridgehead atoms. The number of hydrogen-bond acceptors (Lipinski definition) is 2. The molecule has 0 heterocycles. The Kier molecular flexibility index (Phi) is 4.04. The molecule has 0 saturated carbocycles. The molecule has 90 valence electrons. The largest absolute Gasteiger partial charge is 0.478 e. The highest BCUT2D eigenvalue weighted by molar-refractivity contribution is 6.32. The lowest BCUT2D eigenvalue weighted by molar-refractivity contribution is -0.191. The summed E-state index contributed by atoms with van der Waals surface area (Å²) < 4.78 is 41.9. The number of nitrogens with two attached hydrogens (primary N) is 1. The topological polar surface area (TPSA) is 35.2 Å². The Morgan fingerprint density at radius 2 is 2.06 bits per heavy atom. The van der Waals surface area contributed by atoms with Crippen molar-refractivity contribution in [2.75, 3.05) is 6.54 Å². The van der Waals surface area contributed by atoms with Crippen LogP contribution in [0.1, 0.15) is 5.56 Å². The van der Waals surface area contributed by atoms with Crippen LogP contribution >= 0.6 is 11.6 Å². The molecule has 1 atom stereocenters. The zero-order valence-corrected chi connectivity index (χ0v) is 9.27. The van der Waals surface area contributed by atoms with Crippen molar-refractivity contribution in [1.82, 2.24) is 0 Å². The molecular weight excluding hydrogens is 243 g/mol. The van der Waals surface area contributed by atoms with E-state index in [9.17, 15) is 13.2 Å². The average molecular weight is 254 g/mol. The van der Waals surface area contributed by atoms with E-state index in [0.29, 0.717) is 0 Å². The van der Waals surface area contributed by atoms with Gasteiger partial charge in [-0.05, 0) is 24.6 Å². The van der Waals surface area contributed by atoms with Crippen LogP contribution in [0.4, 0.5) is 13.2 Å². The van der Waals surface area contributed by atoms with Crippen molar-refractivity contribution in [3.05, 3.63) is 28.8 Å². The third-order valence-corrected chi connectivity index (χ3v) is 2.25. The van der Waals surface area contributed by atoms with Crippen LogP contribution < -0.4 is 10.5 Å². The van der Waals surface area contributed by atoms with Crippen LogP contribution in [0.15, 0.2) is 18.2 Å². The number of alkyl halides is 3. The molecule has 6 heteroatoms. The molecule has 0 aromatic heterocycles. The fourth-order valence-corrected chi connectivity index (χ4v) is 1.26. The van der Waals surface area contributed by atoms with Crippen molar-refractivity contribution >= 4 is 11.6 Å². The Hall–Kier alpha value is -0.940. The molecule has 16 heavy (non-hydrogen) atoms. The molecule has 0 fully saturated rings. The fraction of sp³-hybridized carbons (Fsp3) is 0.400. The summed E-state index contributed by atoms with van der Waals surface area (Å²) in [4.78, 5) is 0. The summed E-state index contributed by atoms with van der Waals surface area (Å²) in [6.07, 6.45) is -6.53. The van der Waals surface area contributed by atoms with Gasteiger partial charge in [-0.2, -0.15) is 13.2 Å². The molecule has 0 aliphatic heterocycles. The lowest BCUT2D eigenvalue weighted by atomic mass is 10.2. The molecule has 2 N–H and O–H groups in total. The molecule has 1 aromatic rings. The maximum absolute atomic E-state index is 12.4. The molecule has 0 spiro atoms. The normalized spacial score (nSPS) is 13.6. The Balaban J connectivity index is 2.90. The monoisotopic (exact) mass is 253 g/mol. The summed E-state index contributed by atoms with van der Waals surface area (Å²) in [6.45, 7) is 1.09. The zero-order valence-electron chi connectivity index (χ0n) is 8.51. The maximum Gasteiger partial charge on any atom is 0.426 e. The molecule has 1 rings (SSSR count). The number of aryl methyl sites for hydroxylation is 1. The standard InChI is InChI=1S/C10H11ClF3NO/c1-6-2-3-7(11)8(4-6)16-9(5-15)10(12,13)14/h2-4,9H,5,15H2,1H3. The van der Waals surface area contributed by atoms with Gasteiger partial charge in [-0.15, -0.1) is 0 Å². The Labute approximate surface area is 96.1 Å². The molecule has 2 nitrogen and oxygen atoms in total. The van der Waals surface area contributed by atoms with Crippen molar-refractivity contribution in [2.45, 2.75) is 19.2 Å². The van der Waals surface area contributed by atoms with Crippen LogP contribution in [0.5, 0.6) is 5.75 Å². The highest BCUT2D eigenvalue weighted by Gasteiger charge is 2.41. The van der Waals surface area contributed by atoms with Gasteiger partial charge < -0.3 is 10.5 Å². The first-order valence-corrected chi connectivity index (χ1v) is 4.92. The quantitative estimate of drug-likeness (QED) is 0.899. The zero-order chi connectivity index (χ0) is 12.3. The highest BCUT2D eigenvalue weighted by Crippen LogP contribution is 2.30. The predicted octanol–water partition coefficient (Wildman–Crippen LogP) is 2.92. The van der Waals surface area contributed by atoms with Crippen LogP contribution in [0.25, 0.3) is 0 Å². The Bertz CT molecular complexity index is 368. The van der Waals surface area contributed by atoms with Crippen molar-refractivity contribution in [3.63, 3.8) is 0 Å². The third-order valence-electron chi connectivity index (χ3n) is 1.94. The number of halogens is 4. The number of benzene rings is 1. The average Bonchev–Trinajstić information content (AvgIpc) is 2.17. The van der Waals surface area contributed by atoms with Gasteiger partial charge in [-0.3, -0.25) is 0 Å². The van der Waals surface area contributed by atoms with Gasteiger partial charge in [0.25, 0.3) is 0 Å². The van der Waals surface area contributed by atoms with E-state index in [1.54, 1.807) is 13.0 Å². The van der Waals surface area contributed by atoms with E-state index in [1.165, 1.54) is 12.1 Å². The van der Waals surface area contributed by atoms with Gasteiger partial charge in [-0.25, -0.2) is 0 Å². The van der Waals surface area contributed by atoms with E-state index in [-0.39, 0.29) is 10.8 Å². The first kappa shape index (κ1) is 13.1. The maximum atomic E-state index is 12.4. The molecular formula is C10H11ClF3NO. The summed E-state index contributed by atoms with van der Waals surface area (Å²) in [5, 5.41) is 0.133.